The van der Waals surface area contributed by atoms with E-state index in [4.69, 9.17) is 21.3 Å². The SMILES string of the molecule is CCOc1ccccc1-c1nc2ccc(Cl)cn2c1CN1CCCNCC1. The molecule has 0 saturated carbocycles. The molecule has 0 bridgehead atoms. The second kappa shape index (κ2) is 8.30. The van der Waals surface area contributed by atoms with Crippen LogP contribution in [0.25, 0.3) is 16.9 Å². The van der Waals surface area contributed by atoms with Gasteiger partial charge in [-0.15, -0.1) is 0 Å². The molecule has 4 rings (SSSR count). The zero-order valence-corrected chi connectivity index (χ0v) is 16.4. The summed E-state index contributed by atoms with van der Waals surface area (Å²) in [5.74, 6) is 0.869. The quantitative estimate of drug-likeness (QED) is 0.725. The number of halogens is 1. The maximum Gasteiger partial charge on any atom is 0.137 e. The molecule has 0 unspecified atom stereocenters. The van der Waals surface area contributed by atoms with Crippen LogP contribution in [-0.4, -0.2) is 47.1 Å². The second-order valence-electron chi connectivity index (χ2n) is 6.79. The third-order valence-electron chi connectivity index (χ3n) is 4.93. The number of hydrogen-bond acceptors (Lipinski definition) is 4. The molecule has 27 heavy (non-hydrogen) atoms. The molecule has 142 valence electrons. The minimum absolute atomic E-state index is 0.628. The molecule has 1 saturated heterocycles. The van der Waals surface area contributed by atoms with E-state index in [9.17, 15) is 0 Å². The molecule has 1 fully saturated rings. The predicted octanol–water partition coefficient (Wildman–Crippen LogP) is 3.85. The van der Waals surface area contributed by atoms with Crippen molar-refractivity contribution in [2.45, 2.75) is 19.9 Å². The van der Waals surface area contributed by atoms with E-state index in [0.717, 1.165) is 67.5 Å². The fourth-order valence-electron chi connectivity index (χ4n) is 3.65. The van der Waals surface area contributed by atoms with Gasteiger partial charge in [0.25, 0.3) is 0 Å². The van der Waals surface area contributed by atoms with Gasteiger partial charge in [0.05, 0.1) is 23.0 Å². The Kier molecular flexibility index (Phi) is 5.62. The highest BCUT2D eigenvalue weighted by molar-refractivity contribution is 6.30. The van der Waals surface area contributed by atoms with Crippen molar-refractivity contribution in [2.75, 3.05) is 32.8 Å². The molecule has 6 heteroatoms. The summed E-state index contributed by atoms with van der Waals surface area (Å²) in [7, 11) is 0. The molecule has 1 N–H and O–H groups in total. The summed E-state index contributed by atoms with van der Waals surface area (Å²) < 4.78 is 8.00. The minimum atomic E-state index is 0.628. The monoisotopic (exact) mass is 384 g/mol. The smallest absolute Gasteiger partial charge is 0.137 e. The molecule has 2 aromatic heterocycles. The number of fused-ring (bicyclic) bond motifs is 1. The molecule has 0 radical (unpaired) electrons. The largest absolute Gasteiger partial charge is 0.493 e. The van der Waals surface area contributed by atoms with Crippen molar-refractivity contribution in [2.24, 2.45) is 0 Å². The normalized spacial score (nSPS) is 15.8. The summed E-state index contributed by atoms with van der Waals surface area (Å²) in [4.78, 5) is 7.42. The molecule has 1 aliphatic heterocycles. The Balaban J connectivity index is 1.82. The molecule has 0 aliphatic carbocycles. The summed E-state index contributed by atoms with van der Waals surface area (Å²) >= 11 is 6.30. The first-order valence-corrected chi connectivity index (χ1v) is 9.96. The average Bonchev–Trinajstić information content (AvgIpc) is 2.84. The van der Waals surface area contributed by atoms with Crippen LogP contribution >= 0.6 is 11.6 Å². The highest BCUT2D eigenvalue weighted by Gasteiger charge is 2.20. The number of para-hydroxylation sites is 1. The Labute approximate surface area is 164 Å². The number of aromatic nitrogens is 2. The molecule has 3 aromatic rings. The fourth-order valence-corrected chi connectivity index (χ4v) is 3.81. The van der Waals surface area contributed by atoms with E-state index < -0.39 is 0 Å². The lowest BCUT2D eigenvalue weighted by Crippen LogP contribution is -2.28. The number of benzene rings is 1. The summed E-state index contributed by atoms with van der Waals surface area (Å²) in [6.45, 7) is 7.67. The molecule has 3 heterocycles. The highest BCUT2D eigenvalue weighted by atomic mass is 35.5. The number of nitrogens with one attached hydrogen (secondary N) is 1. The lowest BCUT2D eigenvalue weighted by atomic mass is 10.1. The highest BCUT2D eigenvalue weighted by Crippen LogP contribution is 2.33. The lowest BCUT2D eigenvalue weighted by Gasteiger charge is -2.20. The fraction of sp³-hybridized carbons (Fsp3) is 0.381. The number of ether oxygens (including phenoxy) is 1. The van der Waals surface area contributed by atoms with E-state index in [-0.39, 0.29) is 0 Å². The van der Waals surface area contributed by atoms with Gasteiger partial charge in [-0.25, -0.2) is 4.98 Å². The van der Waals surface area contributed by atoms with Gasteiger partial charge in [0, 0.05) is 31.4 Å². The van der Waals surface area contributed by atoms with Crippen molar-refractivity contribution in [3.8, 4) is 17.0 Å². The third-order valence-corrected chi connectivity index (χ3v) is 5.15. The number of rotatable bonds is 5. The first kappa shape index (κ1) is 18.3. The van der Waals surface area contributed by atoms with E-state index in [2.05, 4.69) is 20.7 Å². The number of pyridine rings is 1. The molecule has 1 aliphatic rings. The van der Waals surface area contributed by atoms with Gasteiger partial charge < -0.3 is 14.5 Å². The van der Waals surface area contributed by atoms with Crippen molar-refractivity contribution in [1.29, 1.82) is 0 Å². The van der Waals surface area contributed by atoms with Gasteiger partial charge in [0.15, 0.2) is 0 Å². The van der Waals surface area contributed by atoms with Crippen LogP contribution in [0.15, 0.2) is 42.6 Å². The molecular formula is C21H25ClN4O. The van der Waals surface area contributed by atoms with E-state index in [0.29, 0.717) is 11.6 Å². The molecule has 0 atom stereocenters. The number of nitrogens with zero attached hydrogens (tertiary/aromatic N) is 3. The second-order valence-corrected chi connectivity index (χ2v) is 7.23. The van der Waals surface area contributed by atoms with Crippen LogP contribution in [0, 0.1) is 0 Å². The van der Waals surface area contributed by atoms with E-state index in [1.165, 1.54) is 0 Å². The summed E-state index contributed by atoms with van der Waals surface area (Å²) in [6.07, 6.45) is 3.12. The lowest BCUT2D eigenvalue weighted by molar-refractivity contribution is 0.280. The van der Waals surface area contributed by atoms with Gasteiger partial charge in [0.1, 0.15) is 11.4 Å². The van der Waals surface area contributed by atoms with Crippen LogP contribution in [-0.2, 0) is 6.54 Å². The summed E-state index contributed by atoms with van der Waals surface area (Å²) in [6, 6.07) is 12.0. The topological polar surface area (TPSA) is 41.8 Å². The summed E-state index contributed by atoms with van der Waals surface area (Å²) in [5, 5.41) is 4.18. The van der Waals surface area contributed by atoms with Gasteiger partial charge in [-0.1, -0.05) is 23.7 Å². The Bertz CT molecular complexity index is 916. The van der Waals surface area contributed by atoms with Crippen LogP contribution in [0.2, 0.25) is 5.02 Å². The number of hydrogen-bond donors (Lipinski definition) is 1. The third kappa shape index (κ3) is 3.95. The van der Waals surface area contributed by atoms with Crippen LogP contribution in [0.1, 0.15) is 19.0 Å². The van der Waals surface area contributed by atoms with Gasteiger partial charge in [-0.3, -0.25) is 4.90 Å². The van der Waals surface area contributed by atoms with E-state index >= 15 is 0 Å². The minimum Gasteiger partial charge on any atom is -0.493 e. The van der Waals surface area contributed by atoms with Gasteiger partial charge in [-0.2, -0.15) is 0 Å². The Morgan fingerprint density at radius 1 is 1.15 bits per heavy atom. The van der Waals surface area contributed by atoms with Gasteiger partial charge in [0.2, 0.25) is 0 Å². The number of imidazole rings is 1. The molecule has 0 amide bonds. The van der Waals surface area contributed by atoms with E-state index in [1.807, 2.05) is 43.5 Å². The van der Waals surface area contributed by atoms with Crippen molar-refractivity contribution in [3.63, 3.8) is 0 Å². The Morgan fingerprint density at radius 3 is 2.93 bits per heavy atom. The average molecular weight is 385 g/mol. The van der Waals surface area contributed by atoms with Crippen molar-refractivity contribution < 1.29 is 4.74 Å². The van der Waals surface area contributed by atoms with E-state index in [1.54, 1.807) is 0 Å². The zero-order valence-electron chi connectivity index (χ0n) is 15.6. The van der Waals surface area contributed by atoms with Gasteiger partial charge >= 0.3 is 0 Å². The Morgan fingerprint density at radius 2 is 2.04 bits per heavy atom. The first-order valence-electron chi connectivity index (χ1n) is 9.58. The molecule has 5 nitrogen and oxygen atoms in total. The van der Waals surface area contributed by atoms with Crippen molar-refractivity contribution in [1.82, 2.24) is 19.6 Å². The zero-order chi connectivity index (χ0) is 18.6. The molecule has 1 aromatic carbocycles. The maximum absolute atomic E-state index is 6.30. The Hall–Kier alpha value is -2.08. The van der Waals surface area contributed by atoms with Crippen LogP contribution in [0.3, 0.4) is 0 Å². The maximum atomic E-state index is 6.30. The van der Waals surface area contributed by atoms with Gasteiger partial charge in [-0.05, 0) is 50.7 Å². The van der Waals surface area contributed by atoms with Crippen LogP contribution in [0.4, 0.5) is 0 Å². The predicted molar refractivity (Wildman–Crippen MR) is 110 cm³/mol. The van der Waals surface area contributed by atoms with Crippen molar-refractivity contribution in [3.05, 3.63) is 53.3 Å². The van der Waals surface area contributed by atoms with Crippen LogP contribution in [0.5, 0.6) is 5.75 Å². The standard InChI is InChI=1S/C21H25ClN4O/c1-2-27-19-7-4-3-6-17(19)21-18(15-25-12-5-10-23-11-13-25)26-14-16(22)8-9-20(26)24-21/h3-4,6-9,14,23H,2,5,10-13,15H2,1H3. The van der Waals surface area contributed by atoms with Crippen molar-refractivity contribution >= 4 is 17.2 Å². The van der Waals surface area contributed by atoms with Crippen LogP contribution < -0.4 is 10.1 Å². The first-order chi connectivity index (χ1) is 13.3. The summed E-state index contributed by atoms with van der Waals surface area (Å²) in [5.41, 5.74) is 4.06. The molecular weight excluding hydrogens is 360 g/mol. The molecule has 0 spiro atoms.